The molecule has 1 saturated heterocycles. The molecular weight excluding hydrogens is 256 g/mol. The highest BCUT2D eigenvalue weighted by Gasteiger charge is 2.33. The first kappa shape index (κ1) is 15.1. The largest absolute Gasteiger partial charge is 0.481 e. The van der Waals surface area contributed by atoms with Gasteiger partial charge < -0.3 is 15.3 Å². The van der Waals surface area contributed by atoms with E-state index in [0.29, 0.717) is 25.4 Å². The van der Waals surface area contributed by atoms with Gasteiger partial charge >= 0.3 is 12.0 Å². The van der Waals surface area contributed by atoms with E-state index >= 15 is 0 Å². The van der Waals surface area contributed by atoms with E-state index < -0.39 is 11.9 Å². The molecule has 2 N–H and O–H groups in total. The zero-order valence-electron chi connectivity index (χ0n) is 12.5. The molecule has 0 aromatic rings. The van der Waals surface area contributed by atoms with Crippen LogP contribution in [-0.4, -0.2) is 41.1 Å². The fourth-order valence-corrected chi connectivity index (χ4v) is 3.48. The summed E-state index contributed by atoms with van der Waals surface area (Å²) in [7, 11) is 0. The van der Waals surface area contributed by atoms with Crippen molar-refractivity contribution in [3.05, 3.63) is 0 Å². The maximum Gasteiger partial charge on any atom is 0.317 e. The van der Waals surface area contributed by atoms with E-state index in [0.717, 1.165) is 6.42 Å². The number of aliphatic carboxylic acids is 1. The quantitative estimate of drug-likeness (QED) is 0.816. The molecule has 0 radical (unpaired) electrons. The second-order valence-electron chi connectivity index (χ2n) is 6.60. The molecular formula is C15H26N2O3. The minimum atomic E-state index is -0.791. The zero-order valence-corrected chi connectivity index (χ0v) is 12.5. The summed E-state index contributed by atoms with van der Waals surface area (Å²) in [6, 6.07) is 0.165. The molecule has 1 heterocycles. The van der Waals surface area contributed by atoms with Crippen LogP contribution in [0.4, 0.5) is 4.79 Å². The second kappa shape index (κ2) is 6.46. The van der Waals surface area contributed by atoms with Crippen LogP contribution in [0.25, 0.3) is 0 Å². The summed E-state index contributed by atoms with van der Waals surface area (Å²) < 4.78 is 0. The average molecular weight is 282 g/mol. The number of nitrogens with zero attached hydrogens (tertiary/aromatic N) is 1. The van der Waals surface area contributed by atoms with Crippen molar-refractivity contribution < 1.29 is 14.7 Å². The van der Waals surface area contributed by atoms with E-state index in [1.807, 2.05) is 6.92 Å². The highest BCUT2D eigenvalue weighted by atomic mass is 16.4. The van der Waals surface area contributed by atoms with Crippen molar-refractivity contribution in [2.75, 3.05) is 13.1 Å². The molecule has 2 fully saturated rings. The summed E-state index contributed by atoms with van der Waals surface area (Å²) in [6.45, 7) is 5.20. The summed E-state index contributed by atoms with van der Waals surface area (Å²) in [4.78, 5) is 25.2. The molecule has 1 saturated carbocycles. The monoisotopic (exact) mass is 282 g/mol. The van der Waals surface area contributed by atoms with Gasteiger partial charge in [-0.3, -0.25) is 4.79 Å². The smallest absolute Gasteiger partial charge is 0.317 e. The summed E-state index contributed by atoms with van der Waals surface area (Å²) in [6.07, 6.45) is 5.29. The molecule has 2 rings (SSSR count). The Hall–Kier alpha value is -1.26. The lowest BCUT2D eigenvalue weighted by Crippen LogP contribution is -2.53. The Balaban J connectivity index is 1.92. The van der Waals surface area contributed by atoms with Crippen molar-refractivity contribution in [3.63, 3.8) is 0 Å². The number of piperidine rings is 1. The van der Waals surface area contributed by atoms with Crippen LogP contribution in [0, 0.1) is 17.8 Å². The molecule has 5 heteroatoms. The number of likely N-dealkylation sites (tertiary alicyclic amines) is 1. The van der Waals surface area contributed by atoms with Crippen LogP contribution in [0.5, 0.6) is 0 Å². The van der Waals surface area contributed by atoms with E-state index in [1.54, 1.807) is 4.90 Å². The number of rotatable bonds is 2. The van der Waals surface area contributed by atoms with Crippen molar-refractivity contribution in [1.82, 2.24) is 10.2 Å². The number of carboxylic acids is 1. The van der Waals surface area contributed by atoms with E-state index in [4.69, 9.17) is 5.11 Å². The molecule has 114 valence electrons. The Morgan fingerprint density at radius 1 is 1.15 bits per heavy atom. The number of amides is 2. The fraction of sp³-hybridized carbons (Fsp3) is 0.867. The highest BCUT2D eigenvalue weighted by molar-refractivity contribution is 5.76. The first-order valence-electron chi connectivity index (χ1n) is 7.75. The normalized spacial score (nSPS) is 34.6. The van der Waals surface area contributed by atoms with Crippen molar-refractivity contribution in [3.8, 4) is 0 Å². The first-order valence-corrected chi connectivity index (χ1v) is 7.75. The predicted molar refractivity (Wildman–Crippen MR) is 76.4 cm³/mol. The molecule has 1 aliphatic carbocycles. The molecule has 2 aliphatic rings. The van der Waals surface area contributed by atoms with E-state index in [1.165, 1.54) is 19.3 Å². The number of nitrogens with one attached hydrogen (secondary N) is 1. The van der Waals surface area contributed by atoms with Crippen LogP contribution in [0.1, 0.15) is 46.0 Å². The SMILES string of the molecule is CC1CC(C(=O)O)CN(C(=O)NC2CCCCC2C)C1. The van der Waals surface area contributed by atoms with Gasteiger partial charge in [0.2, 0.25) is 0 Å². The van der Waals surface area contributed by atoms with Crippen molar-refractivity contribution in [2.24, 2.45) is 17.8 Å². The van der Waals surface area contributed by atoms with Gasteiger partial charge in [0.05, 0.1) is 5.92 Å². The van der Waals surface area contributed by atoms with Gasteiger partial charge in [0.15, 0.2) is 0 Å². The minimum absolute atomic E-state index is 0.0819. The van der Waals surface area contributed by atoms with Crippen LogP contribution in [0.15, 0.2) is 0 Å². The molecule has 0 bridgehead atoms. The lowest BCUT2D eigenvalue weighted by atomic mass is 9.86. The van der Waals surface area contributed by atoms with Crippen molar-refractivity contribution in [1.29, 1.82) is 0 Å². The summed E-state index contributed by atoms with van der Waals surface area (Å²) in [5, 5.41) is 12.3. The zero-order chi connectivity index (χ0) is 14.7. The highest BCUT2D eigenvalue weighted by Crippen LogP contribution is 2.25. The van der Waals surface area contributed by atoms with Crippen LogP contribution in [-0.2, 0) is 4.79 Å². The summed E-state index contributed by atoms with van der Waals surface area (Å²) >= 11 is 0. The Labute approximate surface area is 120 Å². The molecule has 1 aliphatic heterocycles. The maximum absolute atomic E-state index is 12.3. The number of hydrogen-bond donors (Lipinski definition) is 2. The lowest BCUT2D eigenvalue weighted by Gasteiger charge is -2.37. The average Bonchev–Trinajstić information content (AvgIpc) is 2.40. The van der Waals surface area contributed by atoms with Crippen LogP contribution < -0.4 is 5.32 Å². The standard InChI is InChI=1S/C15H26N2O3/c1-10-7-12(14(18)19)9-17(8-10)15(20)16-13-6-4-3-5-11(13)2/h10-13H,3-9H2,1-2H3,(H,16,20)(H,18,19). The topological polar surface area (TPSA) is 69.6 Å². The first-order chi connectivity index (χ1) is 9.47. The third-order valence-corrected chi connectivity index (χ3v) is 4.72. The molecule has 0 aromatic carbocycles. The van der Waals surface area contributed by atoms with Crippen LogP contribution in [0.2, 0.25) is 0 Å². The molecule has 4 atom stereocenters. The second-order valence-corrected chi connectivity index (χ2v) is 6.60. The molecule has 5 nitrogen and oxygen atoms in total. The molecule has 0 aromatic heterocycles. The molecule has 2 amide bonds. The minimum Gasteiger partial charge on any atom is -0.481 e. The lowest BCUT2D eigenvalue weighted by molar-refractivity contribution is -0.143. The third-order valence-electron chi connectivity index (χ3n) is 4.72. The van der Waals surface area contributed by atoms with Crippen LogP contribution in [0.3, 0.4) is 0 Å². The van der Waals surface area contributed by atoms with Gasteiger partial charge in [-0.2, -0.15) is 0 Å². The maximum atomic E-state index is 12.3. The van der Waals surface area contributed by atoms with E-state index in [-0.39, 0.29) is 18.0 Å². The number of urea groups is 1. The Kier molecular flexibility index (Phi) is 4.89. The van der Waals surface area contributed by atoms with Crippen molar-refractivity contribution >= 4 is 12.0 Å². The fourth-order valence-electron chi connectivity index (χ4n) is 3.48. The molecule has 0 spiro atoms. The molecule has 4 unspecified atom stereocenters. The van der Waals surface area contributed by atoms with Gasteiger partial charge in [-0.15, -0.1) is 0 Å². The number of carboxylic acid groups (broad SMARTS) is 1. The van der Waals surface area contributed by atoms with Gasteiger partial charge in [0, 0.05) is 19.1 Å². The number of hydrogen-bond acceptors (Lipinski definition) is 2. The van der Waals surface area contributed by atoms with E-state index in [2.05, 4.69) is 12.2 Å². The van der Waals surface area contributed by atoms with Crippen LogP contribution >= 0.6 is 0 Å². The third kappa shape index (κ3) is 3.64. The van der Waals surface area contributed by atoms with Gasteiger partial charge in [-0.25, -0.2) is 4.79 Å². The Morgan fingerprint density at radius 3 is 2.50 bits per heavy atom. The van der Waals surface area contributed by atoms with Gasteiger partial charge in [-0.1, -0.05) is 26.7 Å². The number of carbonyl (C=O) groups excluding carboxylic acids is 1. The summed E-state index contributed by atoms with van der Waals surface area (Å²) in [5.41, 5.74) is 0. The Morgan fingerprint density at radius 2 is 1.85 bits per heavy atom. The van der Waals surface area contributed by atoms with Gasteiger partial charge in [-0.05, 0) is 31.1 Å². The predicted octanol–water partition coefficient (Wildman–Crippen LogP) is 2.32. The Bertz CT molecular complexity index is 372. The van der Waals surface area contributed by atoms with E-state index in [9.17, 15) is 9.59 Å². The van der Waals surface area contributed by atoms with Gasteiger partial charge in [0.1, 0.15) is 0 Å². The summed E-state index contributed by atoms with van der Waals surface area (Å²) in [5.74, 6) is -0.446. The van der Waals surface area contributed by atoms with Gasteiger partial charge in [0.25, 0.3) is 0 Å². The van der Waals surface area contributed by atoms with Crippen molar-refractivity contribution in [2.45, 2.75) is 52.0 Å². The molecule has 20 heavy (non-hydrogen) atoms. The number of carbonyl (C=O) groups is 2.